The first-order valence-corrected chi connectivity index (χ1v) is 48.0. The van der Waals surface area contributed by atoms with E-state index in [1.54, 1.807) is 0 Å². The third kappa shape index (κ3) is 78.7. The Morgan fingerprint density at radius 3 is 0.717 bits per heavy atom. The van der Waals surface area contributed by atoms with Crippen LogP contribution in [-0.2, 0) is 65.4 Å². The summed E-state index contributed by atoms with van der Waals surface area (Å²) in [4.78, 5) is 73.2. The van der Waals surface area contributed by atoms with E-state index in [9.17, 15) is 43.2 Å². The highest BCUT2D eigenvalue weighted by Crippen LogP contribution is 2.45. The summed E-state index contributed by atoms with van der Waals surface area (Å²) < 4.78 is 68.9. The fourth-order valence-corrected chi connectivity index (χ4v) is 15.1. The van der Waals surface area contributed by atoms with Crippen molar-refractivity contribution in [2.75, 3.05) is 39.6 Å². The number of phosphoric ester groups is 2. The molecule has 0 aromatic heterocycles. The molecule has 0 aliphatic rings. The average molecular weight is 1550 g/mol. The van der Waals surface area contributed by atoms with Gasteiger partial charge < -0.3 is 33.8 Å². The molecule has 0 heterocycles. The molecule has 0 fully saturated rings. The van der Waals surface area contributed by atoms with Crippen LogP contribution >= 0.6 is 15.6 Å². The Kier molecular flexibility index (Phi) is 76.9. The van der Waals surface area contributed by atoms with Crippen LogP contribution in [0, 0.1) is 11.8 Å². The molecule has 0 rings (SSSR count). The van der Waals surface area contributed by atoms with E-state index in [0.29, 0.717) is 31.6 Å². The van der Waals surface area contributed by atoms with E-state index in [1.807, 2.05) is 0 Å². The van der Waals surface area contributed by atoms with Gasteiger partial charge in [-0.15, -0.1) is 0 Å². The maximum absolute atomic E-state index is 13.2. The first kappa shape index (κ1) is 104. The monoisotopic (exact) mass is 1550 g/mol. The predicted octanol–water partition coefficient (Wildman–Crippen LogP) is 26.6. The SMILES string of the molecule is CCCCCCCCCCCCCCCCCCCCCCC(=O)OC[C@H](COP(=O)(O)OC[C@@H](O)COP(=O)(O)OC[C@@H](COC(=O)CCCCCCCCC(C)C)OC(=O)CCCCCCCCCCCCCCCCC)OC(=O)CCCCCCCCCCCCCCCCCCCCC(C)CC. The minimum absolute atomic E-state index is 0.107. The highest BCUT2D eigenvalue weighted by molar-refractivity contribution is 7.47. The van der Waals surface area contributed by atoms with Gasteiger partial charge in [0.25, 0.3) is 0 Å². The first-order chi connectivity index (χ1) is 51.4. The third-order valence-electron chi connectivity index (χ3n) is 20.8. The quantitative estimate of drug-likeness (QED) is 0.0222. The zero-order chi connectivity index (χ0) is 77.8. The fourth-order valence-electron chi connectivity index (χ4n) is 13.6. The van der Waals surface area contributed by atoms with E-state index in [-0.39, 0.29) is 25.7 Å². The molecule has 0 aliphatic carbocycles. The van der Waals surface area contributed by atoms with E-state index in [2.05, 4.69) is 41.5 Å². The van der Waals surface area contributed by atoms with Crippen molar-refractivity contribution < 1.29 is 80.2 Å². The van der Waals surface area contributed by atoms with E-state index >= 15 is 0 Å². The topological polar surface area (TPSA) is 237 Å². The van der Waals surface area contributed by atoms with Crippen molar-refractivity contribution in [3.8, 4) is 0 Å². The van der Waals surface area contributed by atoms with Gasteiger partial charge in [-0.3, -0.25) is 37.3 Å². The molecule has 0 radical (unpaired) electrons. The van der Waals surface area contributed by atoms with E-state index in [4.69, 9.17) is 37.0 Å². The number of hydrogen-bond donors (Lipinski definition) is 3. The smallest absolute Gasteiger partial charge is 0.462 e. The number of phosphoric acid groups is 2. The van der Waals surface area contributed by atoms with Crippen LogP contribution in [0.25, 0.3) is 0 Å². The normalized spacial score (nSPS) is 14.1. The number of unbranched alkanes of at least 4 members (excludes halogenated alkanes) is 55. The van der Waals surface area contributed by atoms with E-state index in [0.717, 1.165) is 102 Å². The summed E-state index contributed by atoms with van der Waals surface area (Å²) in [6.07, 6.45) is 71.1. The van der Waals surface area contributed by atoms with Gasteiger partial charge in [0, 0.05) is 25.7 Å². The molecule has 630 valence electrons. The minimum atomic E-state index is -4.97. The number of aliphatic hydroxyl groups is 1. The second-order valence-corrected chi connectivity index (χ2v) is 34.9. The molecule has 0 aromatic rings. The van der Waals surface area contributed by atoms with Gasteiger partial charge in [-0.05, 0) is 37.5 Å². The molecule has 19 heteroatoms. The highest BCUT2D eigenvalue weighted by Gasteiger charge is 2.30. The summed E-state index contributed by atoms with van der Waals surface area (Å²) in [6, 6.07) is 0. The maximum atomic E-state index is 13.2. The molecule has 0 saturated carbocycles. The second kappa shape index (κ2) is 78.3. The van der Waals surface area contributed by atoms with Crippen LogP contribution in [0.4, 0.5) is 0 Å². The largest absolute Gasteiger partial charge is 0.472 e. The average Bonchev–Trinajstić information content (AvgIpc) is 0.911. The van der Waals surface area contributed by atoms with Gasteiger partial charge in [0.2, 0.25) is 0 Å². The molecule has 0 saturated heterocycles. The van der Waals surface area contributed by atoms with E-state index in [1.165, 1.54) is 276 Å². The Labute approximate surface area is 651 Å². The third-order valence-corrected chi connectivity index (χ3v) is 22.7. The summed E-state index contributed by atoms with van der Waals surface area (Å²) in [7, 11) is -9.93. The predicted molar refractivity (Wildman–Crippen MR) is 437 cm³/mol. The fraction of sp³-hybridized carbons (Fsp3) is 0.954. The molecule has 106 heavy (non-hydrogen) atoms. The zero-order valence-corrected chi connectivity index (χ0v) is 71.5. The van der Waals surface area contributed by atoms with Crippen LogP contribution in [0.5, 0.6) is 0 Å². The number of aliphatic hydroxyl groups excluding tert-OH is 1. The Bertz CT molecular complexity index is 2030. The van der Waals surface area contributed by atoms with Gasteiger partial charge in [0.15, 0.2) is 12.2 Å². The first-order valence-electron chi connectivity index (χ1n) is 45.0. The van der Waals surface area contributed by atoms with Gasteiger partial charge in [-0.1, -0.05) is 414 Å². The van der Waals surface area contributed by atoms with Gasteiger partial charge in [0.1, 0.15) is 19.3 Å². The van der Waals surface area contributed by atoms with Crippen LogP contribution in [-0.4, -0.2) is 96.7 Å². The molecule has 6 atom stereocenters. The molecule has 0 bridgehead atoms. The van der Waals surface area contributed by atoms with Crippen molar-refractivity contribution in [2.24, 2.45) is 11.8 Å². The maximum Gasteiger partial charge on any atom is 0.472 e. The Hall–Kier alpha value is -1.94. The van der Waals surface area contributed by atoms with Gasteiger partial charge in [-0.25, -0.2) is 9.13 Å². The molecular weight excluding hydrogens is 1380 g/mol. The van der Waals surface area contributed by atoms with Crippen LogP contribution in [0.1, 0.15) is 465 Å². The number of carbonyl (C=O) groups is 4. The van der Waals surface area contributed by atoms with Crippen molar-refractivity contribution >= 4 is 39.5 Å². The second-order valence-electron chi connectivity index (χ2n) is 32.0. The molecule has 0 aliphatic heterocycles. The number of ether oxygens (including phenoxy) is 4. The Morgan fingerprint density at radius 1 is 0.274 bits per heavy atom. The van der Waals surface area contributed by atoms with Crippen molar-refractivity contribution in [3.63, 3.8) is 0 Å². The van der Waals surface area contributed by atoms with Crippen LogP contribution in [0.15, 0.2) is 0 Å². The molecule has 0 spiro atoms. The lowest BCUT2D eigenvalue weighted by atomic mass is 9.99. The highest BCUT2D eigenvalue weighted by atomic mass is 31.2. The van der Waals surface area contributed by atoms with Gasteiger partial charge in [0.05, 0.1) is 26.4 Å². The minimum Gasteiger partial charge on any atom is -0.462 e. The number of hydrogen-bond acceptors (Lipinski definition) is 15. The molecule has 0 aromatic carbocycles. The van der Waals surface area contributed by atoms with Crippen LogP contribution < -0.4 is 0 Å². The van der Waals surface area contributed by atoms with Crippen molar-refractivity contribution in [3.05, 3.63) is 0 Å². The van der Waals surface area contributed by atoms with E-state index < -0.39 is 97.5 Å². The summed E-state index contributed by atoms with van der Waals surface area (Å²) >= 11 is 0. The van der Waals surface area contributed by atoms with Crippen molar-refractivity contribution in [1.82, 2.24) is 0 Å². The van der Waals surface area contributed by atoms with Crippen molar-refractivity contribution in [1.29, 1.82) is 0 Å². The number of esters is 4. The number of rotatable bonds is 86. The standard InChI is InChI=1S/C87H170O17P2/c1-7-10-12-14-16-18-20-22-24-25-26-27-31-35-38-42-46-50-57-63-69-84(89)97-75-82(103-86(91)71-66-60-52-48-44-40-36-32-29-28-30-34-37-41-45-49-56-62-68-80(6)9-3)77-101-105(93,94)99-73-81(88)74-100-106(95,96)102-78-83(76-98-85(90)70-64-58-54-53-55-61-67-79(4)5)104-87(92)72-65-59-51-47-43-39-33-23-21-19-17-15-13-11-8-2/h79-83,88H,7-78H2,1-6H3,(H,93,94)(H,95,96)/t80?,81-,82-,83-/m1/s1. The summed E-state index contributed by atoms with van der Waals surface area (Å²) in [5.41, 5.74) is 0. The summed E-state index contributed by atoms with van der Waals surface area (Å²) in [6.45, 7) is 9.66. The summed E-state index contributed by atoms with van der Waals surface area (Å²) in [5.74, 6) is -0.553. The molecule has 0 amide bonds. The molecule has 3 unspecified atom stereocenters. The van der Waals surface area contributed by atoms with Crippen molar-refractivity contribution in [2.45, 2.75) is 484 Å². The zero-order valence-electron chi connectivity index (χ0n) is 69.7. The lowest BCUT2D eigenvalue weighted by Gasteiger charge is -2.21. The Balaban J connectivity index is 5.20. The lowest BCUT2D eigenvalue weighted by molar-refractivity contribution is -0.161. The molecule has 3 N–H and O–H groups in total. The number of carbonyl (C=O) groups excluding carboxylic acids is 4. The molecular formula is C87H170O17P2. The molecule has 17 nitrogen and oxygen atoms in total. The van der Waals surface area contributed by atoms with Crippen LogP contribution in [0.2, 0.25) is 0 Å². The Morgan fingerprint density at radius 2 is 0.481 bits per heavy atom. The lowest BCUT2D eigenvalue weighted by Crippen LogP contribution is -2.30. The van der Waals surface area contributed by atoms with Gasteiger partial charge in [-0.2, -0.15) is 0 Å². The van der Waals surface area contributed by atoms with Gasteiger partial charge >= 0.3 is 39.5 Å². The summed E-state index contributed by atoms with van der Waals surface area (Å²) in [5, 5.41) is 10.7. The van der Waals surface area contributed by atoms with Crippen LogP contribution in [0.3, 0.4) is 0 Å².